The molecule has 19 heteroatoms. The maximum atomic E-state index is 14.3. The summed E-state index contributed by atoms with van der Waals surface area (Å²) in [5.41, 5.74) is 12.2. The molecule has 7 amide bonds. The minimum absolute atomic E-state index is 0.0421. The number of phenolic OH excluding ortho intramolecular Hbond substituents is 1. The van der Waals surface area contributed by atoms with E-state index in [1.165, 1.54) is 31.0 Å². The minimum Gasteiger partial charge on any atom is -0.508 e. The molecule has 3 rings (SSSR count). The van der Waals surface area contributed by atoms with Crippen LogP contribution < -0.4 is 43.4 Å². The van der Waals surface area contributed by atoms with E-state index < -0.39 is 83.7 Å². The summed E-state index contributed by atoms with van der Waals surface area (Å²) in [5, 5.41) is 35.9. The summed E-state index contributed by atoms with van der Waals surface area (Å²) >= 11 is 0. The van der Waals surface area contributed by atoms with E-state index in [1.807, 2.05) is 37.3 Å². The van der Waals surface area contributed by atoms with E-state index in [-0.39, 0.29) is 50.5 Å². The van der Waals surface area contributed by atoms with Gasteiger partial charge in [0.15, 0.2) is 5.96 Å². The normalized spacial score (nSPS) is 21.9. The van der Waals surface area contributed by atoms with E-state index in [2.05, 4.69) is 36.9 Å². The van der Waals surface area contributed by atoms with E-state index in [4.69, 9.17) is 11.5 Å². The monoisotopic (exact) mass is 864 g/mol. The van der Waals surface area contributed by atoms with Gasteiger partial charge in [0.05, 0.1) is 0 Å². The Labute approximate surface area is 362 Å². The van der Waals surface area contributed by atoms with Crippen molar-refractivity contribution in [2.45, 2.75) is 121 Å². The number of amides is 7. The zero-order valence-electron chi connectivity index (χ0n) is 36.0. The largest absolute Gasteiger partial charge is 0.508 e. The van der Waals surface area contributed by atoms with Crippen LogP contribution >= 0.6 is 0 Å². The molecule has 2 aromatic rings. The van der Waals surface area contributed by atoms with Gasteiger partial charge < -0.3 is 58.5 Å². The van der Waals surface area contributed by atoms with Crippen LogP contribution in [-0.2, 0) is 41.6 Å². The highest BCUT2D eigenvalue weighted by molar-refractivity contribution is 5.96. The quantitative estimate of drug-likeness (QED) is 0.0678. The second kappa shape index (κ2) is 25.4. The summed E-state index contributed by atoms with van der Waals surface area (Å²) in [6.45, 7) is 5.52. The number of aryl methyl sites for hydroxylation is 1. The number of carbonyl (C=O) groups excluding carboxylic acids is 6. The highest BCUT2D eigenvalue weighted by Crippen LogP contribution is 2.16. The number of guanidine groups is 1. The van der Waals surface area contributed by atoms with Crippen LogP contribution in [-0.4, -0.2) is 119 Å². The summed E-state index contributed by atoms with van der Waals surface area (Å²) in [6, 6.07) is 7.56. The number of phenols is 1. The van der Waals surface area contributed by atoms with Crippen LogP contribution in [0.2, 0.25) is 0 Å². The van der Waals surface area contributed by atoms with E-state index >= 15 is 0 Å². The van der Waals surface area contributed by atoms with Crippen molar-refractivity contribution < 1.29 is 43.8 Å². The van der Waals surface area contributed by atoms with Gasteiger partial charge >= 0.3 is 12.0 Å². The Morgan fingerprint density at radius 2 is 1.56 bits per heavy atom. The number of urea groups is 1. The first-order valence-electron chi connectivity index (χ1n) is 21.1. The van der Waals surface area contributed by atoms with Crippen molar-refractivity contribution in [2.75, 3.05) is 20.1 Å². The Morgan fingerprint density at radius 1 is 0.887 bits per heavy atom. The van der Waals surface area contributed by atoms with Gasteiger partial charge in [-0.2, -0.15) is 0 Å². The first kappa shape index (κ1) is 50.0. The highest BCUT2D eigenvalue weighted by atomic mass is 16.4. The number of aromatic hydroxyl groups is 1. The summed E-state index contributed by atoms with van der Waals surface area (Å²) in [6.07, 6.45) is 2.55. The first-order valence-corrected chi connectivity index (χ1v) is 21.1. The van der Waals surface area contributed by atoms with Crippen molar-refractivity contribution in [3.63, 3.8) is 0 Å². The summed E-state index contributed by atoms with van der Waals surface area (Å²) in [4.78, 5) is 100. The van der Waals surface area contributed by atoms with Crippen LogP contribution in [0.5, 0.6) is 5.75 Å². The van der Waals surface area contributed by atoms with Crippen molar-refractivity contribution in [1.82, 2.24) is 36.8 Å². The number of nitrogens with one attached hydrogen (secondary N) is 6. The van der Waals surface area contributed by atoms with Crippen LogP contribution in [0, 0.1) is 5.92 Å². The molecular weight excluding hydrogens is 801 g/mol. The van der Waals surface area contributed by atoms with E-state index in [9.17, 15) is 43.8 Å². The Balaban J connectivity index is 1.96. The molecule has 0 spiro atoms. The highest BCUT2D eigenvalue weighted by Gasteiger charge is 2.36. The van der Waals surface area contributed by atoms with Crippen molar-refractivity contribution in [2.24, 2.45) is 22.4 Å². The molecule has 0 aromatic heterocycles. The lowest BCUT2D eigenvalue weighted by molar-refractivity contribution is -0.142. The third-order valence-electron chi connectivity index (χ3n) is 10.9. The molecule has 1 aliphatic rings. The number of hydrogen-bond acceptors (Lipinski definition) is 9. The van der Waals surface area contributed by atoms with E-state index in [0.29, 0.717) is 38.5 Å². The second-order valence-electron chi connectivity index (χ2n) is 15.7. The Kier molecular flexibility index (Phi) is 20.5. The number of rotatable bonds is 15. The standard InChI is InChI=1S/C43H64N10O9/c1-5-26(2)35-39(58)48-32(22-19-28-17-20-30(54)21-18-28)40(59)53(4)27(3)36(55)49-34(25-29-13-7-6-8-14-29)37(56)46-23-11-9-15-31(38(57)52-35)50-43(62)51-33(41(60)61)16-10-12-24-47-42(44)45/h6-8,13-14,17-18,20-21,26-27,31-35,54H,5,9-12,15-16,19,22-25H2,1-4H3,(H,46,56)(H,48,58)(H,49,55)(H,52,57)(H,60,61)(H4,44,45,47)(H2,50,51,62). The van der Waals surface area contributed by atoms with Crippen LogP contribution in [0.4, 0.5) is 4.79 Å². The number of benzene rings is 2. The second-order valence-corrected chi connectivity index (χ2v) is 15.7. The zero-order chi connectivity index (χ0) is 45.8. The lowest BCUT2D eigenvalue weighted by Crippen LogP contribution is -2.60. The van der Waals surface area contributed by atoms with Gasteiger partial charge in [-0.1, -0.05) is 62.7 Å². The maximum absolute atomic E-state index is 14.3. The van der Waals surface area contributed by atoms with Gasteiger partial charge in [0.2, 0.25) is 29.5 Å². The number of nitrogens with zero attached hydrogens (tertiary/aromatic N) is 2. The molecule has 7 atom stereocenters. The Bertz CT molecular complexity index is 1840. The topological polar surface area (TPSA) is 300 Å². The molecule has 0 aliphatic carbocycles. The van der Waals surface area contributed by atoms with Gasteiger partial charge in [0.25, 0.3) is 0 Å². The van der Waals surface area contributed by atoms with Crippen LogP contribution in [0.15, 0.2) is 59.6 Å². The molecule has 1 aliphatic heterocycles. The number of unbranched alkanes of at least 4 members (excludes halogenated alkanes) is 1. The number of aliphatic carboxylic acids is 1. The van der Waals surface area contributed by atoms with E-state index in [0.717, 1.165) is 11.1 Å². The average molecular weight is 865 g/mol. The third-order valence-corrected chi connectivity index (χ3v) is 10.9. The summed E-state index contributed by atoms with van der Waals surface area (Å²) in [7, 11) is 1.43. The molecule has 0 bridgehead atoms. The predicted octanol–water partition coefficient (Wildman–Crippen LogP) is 0.780. The molecule has 340 valence electrons. The number of carboxylic acids is 1. The van der Waals surface area contributed by atoms with Crippen LogP contribution in [0.3, 0.4) is 0 Å². The zero-order valence-corrected chi connectivity index (χ0v) is 36.0. The number of nitrogens with two attached hydrogens (primary N) is 2. The Hall–Kier alpha value is -6.40. The molecule has 0 radical (unpaired) electrons. The molecule has 62 heavy (non-hydrogen) atoms. The van der Waals surface area contributed by atoms with Gasteiger partial charge in [0, 0.05) is 26.6 Å². The first-order chi connectivity index (χ1) is 29.5. The number of hydrogen-bond donors (Lipinski definition) is 10. The van der Waals surface area contributed by atoms with Crippen LogP contribution in [0.1, 0.15) is 83.3 Å². The fourth-order valence-electron chi connectivity index (χ4n) is 6.77. The van der Waals surface area contributed by atoms with Crippen molar-refractivity contribution in [3.8, 4) is 5.75 Å². The summed E-state index contributed by atoms with van der Waals surface area (Å²) in [5.74, 6) is -4.83. The molecule has 0 saturated carbocycles. The smallest absolute Gasteiger partial charge is 0.326 e. The third kappa shape index (κ3) is 16.6. The van der Waals surface area contributed by atoms with Crippen molar-refractivity contribution >= 4 is 47.5 Å². The molecule has 7 unspecified atom stereocenters. The molecular formula is C43H64N10O9. The number of carboxylic acid groups (broad SMARTS) is 1. The minimum atomic E-state index is -1.30. The van der Waals surface area contributed by atoms with Crippen LogP contribution in [0.25, 0.3) is 0 Å². The lowest BCUT2D eigenvalue weighted by Gasteiger charge is -2.32. The number of carbonyl (C=O) groups is 7. The van der Waals surface area contributed by atoms with E-state index in [1.54, 1.807) is 19.1 Å². The van der Waals surface area contributed by atoms with Gasteiger partial charge in [0.1, 0.15) is 42.0 Å². The van der Waals surface area contributed by atoms with Gasteiger partial charge in [-0.3, -0.25) is 29.0 Å². The van der Waals surface area contributed by atoms with Crippen molar-refractivity contribution in [3.05, 3.63) is 65.7 Å². The maximum Gasteiger partial charge on any atom is 0.326 e. The Morgan fingerprint density at radius 3 is 2.21 bits per heavy atom. The molecule has 1 saturated heterocycles. The predicted molar refractivity (Wildman–Crippen MR) is 232 cm³/mol. The number of likely N-dealkylation sites (N-methyl/N-ethyl adjacent to an activating group) is 1. The molecule has 1 fully saturated rings. The van der Waals surface area contributed by atoms with Crippen molar-refractivity contribution in [1.29, 1.82) is 0 Å². The summed E-state index contributed by atoms with van der Waals surface area (Å²) < 4.78 is 0. The lowest BCUT2D eigenvalue weighted by atomic mass is 9.96. The average Bonchev–Trinajstić information content (AvgIpc) is 3.24. The number of aliphatic imine (C=N–C) groups is 1. The van der Waals surface area contributed by atoms with Gasteiger partial charge in [-0.25, -0.2) is 9.59 Å². The fourth-order valence-corrected chi connectivity index (χ4v) is 6.77. The van der Waals surface area contributed by atoms with Gasteiger partial charge in [-0.15, -0.1) is 0 Å². The fraction of sp³-hybridized carbons (Fsp3) is 0.535. The molecule has 19 nitrogen and oxygen atoms in total. The molecule has 2 aromatic carbocycles. The van der Waals surface area contributed by atoms with Gasteiger partial charge in [-0.05, 0) is 87.5 Å². The molecule has 1 heterocycles. The molecule has 12 N–H and O–H groups in total. The SMILES string of the molecule is CCC(C)C1NC(=O)C(NC(=O)NC(CCCCN=C(N)N)C(=O)O)CCCCNC(=O)C(Cc2ccccc2)NC(=O)C(C)N(C)C(=O)C(CCc2ccc(O)cc2)NC1=O.